The van der Waals surface area contributed by atoms with E-state index in [9.17, 15) is 0 Å². The van der Waals surface area contributed by atoms with E-state index >= 15 is 0 Å². The van der Waals surface area contributed by atoms with Crippen LogP contribution in [0.15, 0.2) is 22.6 Å². The number of nitrogens with zero attached hydrogens (tertiary/aromatic N) is 6. The molecule has 82 valence electrons. The Kier molecular flexibility index (Phi) is 2.49. The van der Waals surface area contributed by atoms with Crippen LogP contribution in [0, 0.1) is 0 Å². The van der Waals surface area contributed by atoms with Crippen LogP contribution in [0.1, 0.15) is 18.9 Å². The molecule has 6 nitrogen and oxygen atoms in total. The monoisotopic (exact) mass is 254 g/mol. The molecule has 0 bridgehead atoms. The Hall–Kier alpha value is -1.21. The standard InChI is InChI=1S/C8H7ClN6S/c9-6-7(11-4-3-10-6)16-8-12-13-14-15(8)5-1-2-5/h3-5H,1-2H2. The highest BCUT2D eigenvalue weighted by molar-refractivity contribution is 7.99. The Morgan fingerprint density at radius 2 is 2.12 bits per heavy atom. The first-order chi connectivity index (χ1) is 7.84. The molecule has 0 spiro atoms. The zero-order valence-electron chi connectivity index (χ0n) is 8.12. The summed E-state index contributed by atoms with van der Waals surface area (Å²) in [4.78, 5) is 8.09. The van der Waals surface area contributed by atoms with Gasteiger partial charge in [0.25, 0.3) is 0 Å². The highest BCUT2D eigenvalue weighted by atomic mass is 35.5. The molecule has 8 heteroatoms. The first-order valence-corrected chi connectivity index (χ1v) is 5.96. The molecule has 1 saturated carbocycles. The average molecular weight is 255 g/mol. The molecule has 0 N–H and O–H groups in total. The van der Waals surface area contributed by atoms with Crippen LogP contribution < -0.4 is 0 Å². The largest absolute Gasteiger partial charge is 0.245 e. The number of rotatable bonds is 3. The van der Waals surface area contributed by atoms with Crippen molar-refractivity contribution >= 4 is 23.4 Å². The van der Waals surface area contributed by atoms with Gasteiger partial charge in [0, 0.05) is 12.4 Å². The third-order valence-electron chi connectivity index (χ3n) is 2.17. The minimum atomic E-state index is 0.373. The molecule has 1 aliphatic rings. The van der Waals surface area contributed by atoms with E-state index in [-0.39, 0.29) is 0 Å². The summed E-state index contributed by atoms with van der Waals surface area (Å²) >= 11 is 7.25. The number of hydrogen-bond donors (Lipinski definition) is 0. The van der Waals surface area contributed by atoms with Crippen LogP contribution in [0.2, 0.25) is 5.15 Å². The predicted octanol–water partition coefficient (Wildman–Crippen LogP) is 1.60. The molecule has 2 heterocycles. The van der Waals surface area contributed by atoms with Crippen molar-refractivity contribution in [3.05, 3.63) is 17.5 Å². The van der Waals surface area contributed by atoms with Gasteiger partial charge in [0.15, 0.2) is 5.15 Å². The normalized spacial score (nSPS) is 15.3. The number of halogens is 1. The van der Waals surface area contributed by atoms with Crippen LogP contribution in [0.4, 0.5) is 0 Å². The van der Waals surface area contributed by atoms with Gasteiger partial charge < -0.3 is 0 Å². The maximum Gasteiger partial charge on any atom is 0.215 e. The highest BCUT2D eigenvalue weighted by Crippen LogP contribution is 2.38. The summed E-state index contributed by atoms with van der Waals surface area (Å²) in [6, 6.07) is 0.438. The van der Waals surface area contributed by atoms with Crippen molar-refractivity contribution in [1.29, 1.82) is 0 Å². The molecule has 0 unspecified atom stereocenters. The molecular formula is C8H7ClN6S. The van der Waals surface area contributed by atoms with Crippen molar-refractivity contribution in [2.45, 2.75) is 29.1 Å². The lowest BCUT2D eigenvalue weighted by Gasteiger charge is -2.01. The van der Waals surface area contributed by atoms with E-state index in [4.69, 9.17) is 11.6 Å². The van der Waals surface area contributed by atoms with E-state index in [1.54, 1.807) is 12.4 Å². The van der Waals surface area contributed by atoms with Gasteiger partial charge in [-0.05, 0) is 35.0 Å². The topological polar surface area (TPSA) is 69.4 Å². The first-order valence-electron chi connectivity index (χ1n) is 4.77. The van der Waals surface area contributed by atoms with E-state index in [0.29, 0.717) is 21.4 Å². The Morgan fingerprint density at radius 3 is 2.88 bits per heavy atom. The predicted molar refractivity (Wildman–Crippen MR) is 57.3 cm³/mol. The third kappa shape index (κ3) is 1.88. The highest BCUT2D eigenvalue weighted by Gasteiger charge is 2.28. The SMILES string of the molecule is Clc1nccnc1Sc1nnnn1C1CC1. The van der Waals surface area contributed by atoms with Gasteiger partial charge >= 0.3 is 0 Å². The van der Waals surface area contributed by atoms with Gasteiger partial charge in [-0.15, -0.1) is 5.10 Å². The van der Waals surface area contributed by atoms with Crippen LogP contribution >= 0.6 is 23.4 Å². The number of tetrazole rings is 1. The lowest BCUT2D eigenvalue weighted by Crippen LogP contribution is -1.99. The quantitative estimate of drug-likeness (QED) is 0.829. The summed E-state index contributed by atoms with van der Waals surface area (Å²) in [5.74, 6) is 0. The molecule has 0 amide bonds. The minimum Gasteiger partial charge on any atom is -0.245 e. The van der Waals surface area contributed by atoms with Gasteiger partial charge in [-0.1, -0.05) is 11.6 Å². The Labute approximate surface area is 100 Å². The van der Waals surface area contributed by atoms with Gasteiger partial charge in [-0.2, -0.15) is 0 Å². The molecule has 0 atom stereocenters. The first kappa shape index (κ1) is 9.98. The number of hydrogen-bond acceptors (Lipinski definition) is 6. The second-order valence-corrected chi connectivity index (χ2v) is 4.71. The maximum absolute atomic E-state index is 5.92. The second-order valence-electron chi connectivity index (χ2n) is 3.39. The van der Waals surface area contributed by atoms with Crippen molar-refractivity contribution in [1.82, 2.24) is 30.2 Å². The van der Waals surface area contributed by atoms with Gasteiger partial charge in [-0.3, -0.25) is 0 Å². The fourth-order valence-electron chi connectivity index (χ4n) is 1.26. The molecule has 0 aromatic carbocycles. The molecule has 0 aliphatic heterocycles. The van der Waals surface area contributed by atoms with Crippen molar-refractivity contribution in [2.24, 2.45) is 0 Å². The lowest BCUT2D eigenvalue weighted by molar-refractivity contribution is 0.565. The van der Waals surface area contributed by atoms with Gasteiger partial charge in [0.05, 0.1) is 6.04 Å². The minimum absolute atomic E-state index is 0.373. The molecule has 2 aromatic rings. The molecule has 1 fully saturated rings. The van der Waals surface area contributed by atoms with Crippen molar-refractivity contribution < 1.29 is 0 Å². The molecule has 1 aliphatic carbocycles. The molecule has 0 saturated heterocycles. The summed E-state index contributed by atoms with van der Waals surface area (Å²) in [5.41, 5.74) is 0. The molecule has 16 heavy (non-hydrogen) atoms. The van der Waals surface area contributed by atoms with Crippen molar-refractivity contribution in [3.63, 3.8) is 0 Å². The van der Waals surface area contributed by atoms with Crippen LogP contribution in [0.3, 0.4) is 0 Å². The van der Waals surface area contributed by atoms with Crippen LogP contribution in [-0.4, -0.2) is 30.2 Å². The molecule has 3 rings (SSSR count). The van der Waals surface area contributed by atoms with E-state index in [2.05, 4.69) is 25.5 Å². The zero-order chi connectivity index (χ0) is 11.0. The Balaban J connectivity index is 1.88. The third-order valence-corrected chi connectivity index (χ3v) is 3.50. The summed E-state index contributed by atoms with van der Waals surface area (Å²) in [6.45, 7) is 0. The van der Waals surface area contributed by atoms with Crippen LogP contribution in [0.5, 0.6) is 0 Å². The van der Waals surface area contributed by atoms with E-state index in [0.717, 1.165) is 12.8 Å². The van der Waals surface area contributed by atoms with Gasteiger partial charge in [0.1, 0.15) is 5.03 Å². The fraction of sp³-hybridized carbons (Fsp3) is 0.375. The molecular weight excluding hydrogens is 248 g/mol. The average Bonchev–Trinajstić information content (AvgIpc) is 3.03. The summed E-state index contributed by atoms with van der Waals surface area (Å²) < 4.78 is 1.82. The van der Waals surface area contributed by atoms with Crippen molar-refractivity contribution in [2.75, 3.05) is 0 Å². The summed E-state index contributed by atoms with van der Waals surface area (Å²) in [6.07, 6.45) is 5.41. The Morgan fingerprint density at radius 1 is 1.31 bits per heavy atom. The smallest absolute Gasteiger partial charge is 0.215 e. The van der Waals surface area contributed by atoms with Gasteiger partial charge in [0.2, 0.25) is 5.16 Å². The zero-order valence-corrected chi connectivity index (χ0v) is 9.69. The maximum atomic E-state index is 5.92. The fourth-order valence-corrected chi connectivity index (χ4v) is 2.26. The van der Waals surface area contributed by atoms with E-state index in [1.807, 2.05) is 4.68 Å². The molecule has 2 aromatic heterocycles. The van der Waals surface area contributed by atoms with Crippen molar-refractivity contribution in [3.8, 4) is 0 Å². The summed E-state index contributed by atoms with van der Waals surface area (Å²) in [5, 5.41) is 13.3. The Bertz CT molecular complexity index is 511. The van der Waals surface area contributed by atoms with Crippen LogP contribution in [0.25, 0.3) is 0 Å². The van der Waals surface area contributed by atoms with E-state index in [1.165, 1.54) is 11.8 Å². The molecule has 0 radical (unpaired) electrons. The lowest BCUT2D eigenvalue weighted by atomic mass is 10.7. The second kappa shape index (κ2) is 3.99. The van der Waals surface area contributed by atoms with Gasteiger partial charge in [-0.25, -0.2) is 14.6 Å². The van der Waals surface area contributed by atoms with Crippen LogP contribution in [-0.2, 0) is 0 Å². The summed E-state index contributed by atoms with van der Waals surface area (Å²) in [7, 11) is 0. The van der Waals surface area contributed by atoms with E-state index < -0.39 is 0 Å². The number of aromatic nitrogens is 6.